The van der Waals surface area contributed by atoms with Crippen molar-refractivity contribution in [2.24, 2.45) is 5.92 Å². The molecule has 146 valence electrons. The summed E-state index contributed by atoms with van der Waals surface area (Å²) in [7, 11) is -3.59. The smallest absolute Gasteiger partial charge is 0.243 e. The lowest BCUT2D eigenvalue weighted by atomic mass is 9.97. The van der Waals surface area contributed by atoms with Crippen molar-refractivity contribution in [1.29, 1.82) is 0 Å². The zero-order valence-corrected chi connectivity index (χ0v) is 16.2. The van der Waals surface area contributed by atoms with Crippen molar-refractivity contribution in [3.05, 3.63) is 24.3 Å². The fourth-order valence-electron chi connectivity index (χ4n) is 3.03. The molecule has 3 rings (SSSR count). The van der Waals surface area contributed by atoms with E-state index in [4.69, 9.17) is 0 Å². The van der Waals surface area contributed by atoms with Crippen molar-refractivity contribution in [2.45, 2.75) is 44.0 Å². The standard InChI is InChI=1S/C17H24N6O3S/c1-3-12(2)18-17(24)14-8-10-23(11-9-14)27(25,26)15-6-4-13(5-7-15)16-19-21-22-20-16/h4-7,12,14H,3,8-11H2,1-2H3,(H,18,24)(H,19,20,21,22). The number of nitrogens with zero attached hydrogens (tertiary/aromatic N) is 4. The van der Waals surface area contributed by atoms with E-state index >= 15 is 0 Å². The number of sulfonamides is 1. The van der Waals surface area contributed by atoms with Gasteiger partial charge in [0, 0.05) is 30.6 Å². The highest BCUT2D eigenvalue weighted by Crippen LogP contribution is 2.25. The molecule has 1 aromatic heterocycles. The monoisotopic (exact) mass is 392 g/mol. The Labute approximate surface area is 158 Å². The van der Waals surface area contributed by atoms with Gasteiger partial charge in [-0.05, 0) is 55.7 Å². The molecule has 1 fully saturated rings. The van der Waals surface area contributed by atoms with Gasteiger partial charge in [0.2, 0.25) is 21.8 Å². The van der Waals surface area contributed by atoms with E-state index in [2.05, 4.69) is 25.9 Å². The van der Waals surface area contributed by atoms with E-state index in [9.17, 15) is 13.2 Å². The molecule has 0 radical (unpaired) electrons. The van der Waals surface area contributed by atoms with E-state index < -0.39 is 10.0 Å². The molecular formula is C17H24N6O3S. The van der Waals surface area contributed by atoms with Gasteiger partial charge in [-0.2, -0.15) is 9.52 Å². The molecular weight excluding hydrogens is 368 g/mol. The highest BCUT2D eigenvalue weighted by molar-refractivity contribution is 7.89. The van der Waals surface area contributed by atoms with Crippen molar-refractivity contribution in [2.75, 3.05) is 13.1 Å². The van der Waals surface area contributed by atoms with Crippen molar-refractivity contribution in [3.8, 4) is 11.4 Å². The first-order valence-electron chi connectivity index (χ1n) is 9.06. The SMILES string of the molecule is CCC(C)NC(=O)C1CCN(S(=O)(=O)c2ccc(-c3nn[nH]n3)cc2)CC1. The number of amides is 1. The maximum atomic E-state index is 12.9. The molecule has 9 nitrogen and oxygen atoms in total. The van der Waals surface area contributed by atoms with Gasteiger partial charge < -0.3 is 5.32 Å². The molecule has 1 saturated heterocycles. The van der Waals surface area contributed by atoms with Gasteiger partial charge in [0.15, 0.2) is 0 Å². The molecule has 0 aliphatic carbocycles. The van der Waals surface area contributed by atoms with Crippen LogP contribution in [0.1, 0.15) is 33.1 Å². The number of H-pyrrole nitrogens is 1. The Kier molecular flexibility index (Phi) is 5.85. The molecule has 1 aliphatic rings. The van der Waals surface area contributed by atoms with Crippen LogP contribution in [0.2, 0.25) is 0 Å². The Morgan fingerprint density at radius 1 is 1.30 bits per heavy atom. The third-order valence-corrected chi connectivity index (χ3v) is 6.83. The molecule has 2 N–H and O–H groups in total. The summed E-state index contributed by atoms with van der Waals surface area (Å²) in [6, 6.07) is 6.54. The molecule has 1 aliphatic heterocycles. The largest absolute Gasteiger partial charge is 0.353 e. The normalized spacial score (nSPS) is 17.6. The van der Waals surface area contributed by atoms with Gasteiger partial charge in [-0.25, -0.2) is 8.42 Å². The number of piperidine rings is 1. The highest BCUT2D eigenvalue weighted by Gasteiger charge is 2.32. The van der Waals surface area contributed by atoms with E-state index in [0.717, 1.165) is 6.42 Å². The molecule has 2 aromatic rings. The molecule has 2 heterocycles. The summed E-state index contributed by atoms with van der Waals surface area (Å²) in [4.78, 5) is 12.5. The number of tetrazole rings is 1. The van der Waals surface area contributed by atoms with Crippen LogP contribution in [0.25, 0.3) is 11.4 Å². The molecule has 0 spiro atoms. The Hall–Kier alpha value is -2.33. The quantitative estimate of drug-likeness (QED) is 0.761. The van der Waals surface area contributed by atoms with Crippen LogP contribution in [0.4, 0.5) is 0 Å². The number of benzene rings is 1. The second-order valence-corrected chi connectivity index (χ2v) is 8.69. The number of hydrogen-bond acceptors (Lipinski definition) is 6. The Bertz CT molecular complexity index is 859. The van der Waals surface area contributed by atoms with Gasteiger partial charge in [-0.3, -0.25) is 4.79 Å². The molecule has 27 heavy (non-hydrogen) atoms. The number of aromatic nitrogens is 4. The van der Waals surface area contributed by atoms with Gasteiger partial charge in [0.05, 0.1) is 4.90 Å². The van der Waals surface area contributed by atoms with Gasteiger partial charge in [0.1, 0.15) is 0 Å². The zero-order chi connectivity index (χ0) is 19.4. The Balaban J connectivity index is 1.64. The van der Waals surface area contributed by atoms with Crippen molar-refractivity contribution >= 4 is 15.9 Å². The summed E-state index contributed by atoms with van der Waals surface area (Å²) in [6.45, 7) is 4.67. The minimum absolute atomic E-state index is 0.0193. The van der Waals surface area contributed by atoms with Crippen LogP contribution in [-0.4, -0.2) is 58.4 Å². The van der Waals surface area contributed by atoms with Crippen LogP contribution in [0.3, 0.4) is 0 Å². The van der Waals surface area contributed by atoms with Crippen LogP contribution in [0, 0.1) is 5.92 Å². The summed E-state index contributed by atoms with van der Waals surface area (Å²) in [5.74, 6) is 0.295. The van der Waals surface area contributed by atoms with Crippen molar-refractivity contribution < 1.29 is 13.2 Å². The predicted molar refractivity (Wildman–Crippen MR) is 99.0 cm³/mol. The number of carbonyl (C=O) groups excluding carboxylic acids is 1. The van der Waals surface area contributed by atoms with E-state index in [1.807, 2.05) is 13.8 Å². The number of hydrogen-bond donors (Lipinski definition) is 2. The first-order valence-corrected chi connectivity index (χ1v) is 10.5. The topological polar surface area (TPSA) is 121 Å². The summed E-state index contributed by atoms with van der Waals surface area (Å²) < 4.78 is 27.2. The van der Waals surface area contributed by atoms with Crippen molar-refractivity contribution in [1.82, 2.24) is 30.2 Å². The molecule has 0 bridgehead atoms. The van der Waals surface area contributed by atoms with Crippen LogP contribution in [0.15, 0.2) is 29.2 Å². The molecule has 1 atom stereocenters. The Morgan fingerprint density at radius 2 is 1.96 bits per heavy atom. The van der Waals surface area contributed by atoms with E-state index in [1.54, 1.807) is 24.3 Å². The molecule has 10 heteroatoms. The summed E-state index contributed by atoms with van der Waals surface area (Å²) in [5.41, 5.74) is 0.683. The third kappa shape index (κ3) is 4.33. The van der Waals surface area contributed by atoms with Crippen LogP contribution in [0.5, 0.6) is 0 Å². The predicted octanol–water partition coefficient (Wildman–Crippen LogP) is 1.18. The maximum absolute atomic E-state index is 12.9. The van der Waals surface area contributed by atoms with E-state index in [1.165, 1.54) is 4.31 Å². The van der Waals surface area contributed by atoms with Crippen LogP contribution < -0.4 is 5.32 Å². The molecule has 0 saturated carbocycles. The summed E-state index contributed by atoms with van der Waals surface area (Å²) in [5, 5.41) is 16.6. The first-order chi connectivity index (χ1) is 12.9. The lowest BCUT2D eigenvalue weighted by Crippen LogP contribution is -2.44. The maximum Gasteiger partial charge on any atom is 0.243 e. The van der Waals surface area contributed by atoms with E-state index in [0.29, 0.717) is 37.3 Å². The number of rotatable bonds is 6. The lowest BCUT2D eigenvalue weighted by molar-refractivity contribution is -0.126. The number of aromatic amines is 1. The second kappa shape index (κ2) is 8.13. The molecule has 1 aromatic carbocycles. The number of carbonyl (C=O) groups is 1. The minimum atomic E-state index is -3.59. The Morgan fingerprint density at radius 3 is 2.52 bits per heavy atom. The van der Waals surface area contributed by atoms with E-state index in [-0.39, 0.29) is 22.8 Å². The number of nitrogens with one attached hydrogen (secondary N) is 2. The third-order valence-electron chi connectivity index (χ3n) is 4.92. The average Bonchev–Trinajstić information content (AvgIpc) is 3.23. The highest BCUT2D eigenvalue weighted by atomic mass is 32.2. The van der Waals surface area contributed by atoms with Gasteiger partial charge >= 0.3 is 0 Å². The summed E-state index contributed by atoms with van der Waals surface area (Å²) in [6.07, 6.45) is 1.93. The van der Waals surface area contributed by atoms with Gasteiger partial charge in [-0.1, -0.05) is 6.92 Å². The minimum Gasteiger partial charge on any atom is -0.353 e. The zero-order valence-electron chi connectivity index (χ0n) is 15.4. The molecule has 1 amide bonds. The second-order valence-electron chi connectivity index (χ2n) is 6.76. The van der Waals surface area contributed by atoms with Gasteiger partial charge in [0.25, 0.3) is 0 Å². The van der Waals surface area contributed by atoms with Crippen LogP contribution in [-0.2, 0) is 14.8 Å². The fourth-order valence-corrected chi connectivity index (χ4v) is 4.50. The average molecular weight is 392 g/mol. The molecule has 1 unspecified atom stereocenters. The summed E-state index contributed by atoms with van der Waals surface area (Å²) >= 11 is 0. The van der Waals surface area contributed by atoms with Crippen molar-refractivity contribution in [3.63, 3.8) is 0 Å². The fraction of sp³-hybridized carbons (Fsp3) is 0.529. The first kappa shape index (κ1) is 19.4. The lowest BCUT2D eigenvalue weighted by Gasteiger charge is -2.31. The van der Waals surface area contributed by atoms with Gasteiger partial charge in [-0.15, -0.1) is 10.2 Å². The van der Waals surface area contributed by atoms with Crippen LogP contribution >= 0.6 is 0 Å².